The number of hydrogen-bond acceptors (Lipinski definition) is 0. The molecule has 2 aliphatic carbocycles. The molecule has 0 aromatic rings. The van der Waals surface area contributed by atoms with E-state index in [4.69, 9.17) is 0 Å². The van der Waals surface area contributed by atoms with Crippen molar-refractivity contribution in [1.82, 2.24) is 0 Å². The summed E-state index contributed by atoms with van der Waals surface area (Å²) in [7, 11) is 0. The first kappa shape index (κ1) is 25.3. The quantitative estimate of drug-likeness (QED) is 0.455. The first-order valence-electron chi connectivity index (χ1n) is 7.50. The molecular weight excluding hydrogens is 352 g/mol. The van der Waals surface area contributed by atoms with E-state index in [0.717, 1.165) is 0 Å². The van der Waals surface area contributed by atoms with Gasteiger partial charge in [0.25, 0.3) is 0 Å². The molecule has 2 rings (SSSR count). The van der Waals surface area contributed by atoms with Crippen LogP contribution < -0.4 is 0 Å². The van der Waals surface area contributed by atoms with Crippen molar-refractivity contribution in [3.8, 4) is 0 Å². The first-order valence-corrected chi connectivity index (χ1v) is 7.50. The Hall–Kier alpha value is 1.04. The number of hydrogen-bond donors (Lipinski definition) is 0. The average molecular weight is 382 g/mol. The van der Waals surface area contributed by atoms with E-state index in [-0.39, 0.29) is 34.1 Å². The van der Waals surface area contributed by atoms with Crippen LogP contribution in [0.2, 0.25) is 0 Å². The Morgan fingerprint density at radius 1 is 0.227 bits per heavy atom. The maximum atomic E-state index is 2.20. The molecule has 10 radical (unpaired) electrons. The molecule has 0 N–H and O–H groups in total. The minimum absolute atomic E-state index is 0. The van der Waals surface area contributed by atoms with Crippen LogP contribution in [-0.2, 0) is 34.1 Å². The molecule has 2 fully saturated rings. The Balaban J connectivity index is 0. The molecule has 2 heteroatoms. The maximum absolute atomic E-state index is 2.20. The average Bonchev–Trinajstić information content (AvgIpc) is 2.71. The first-order chi connectivity index (χ1) is 9.11. The van der Waals surface area contributed by atoms with E-state index in [1.165, 1.54) is 59.2 Å². The number of rotatable bonds is 0. The van der Waals surface area contributed by atoms with Gasteiger partial charge in [0.1, 0.15) is 0 Å². The SMILES string of the molecule is C[C]1[C](C)[C](C)[C](C)[C]1C.C[C]1[C](C)[C](C)[C](C)[C]1C.[Fe].[Fe]. The molecule has 0 aromatic heterocycles. The van der Waals surface area contributed by atoms with Gasteiger partial charge in [0, 0.05) is 34.1 Å². The molecule has 0 unspecified atom stereocenters. The Morgan fingerprint density at radius 2 is 0.273 bits per heavy atom. The summed E-state index contributed by atoms with van der Waals surface area (Å²) in [4.78, 5) is 0. The minimum atomic E-state index is 0. The van der Waals surface area contributed by atoms with Gasteiger partial charge in [-0.05, 0) is 59.2 Å². The van der Waals surface area contributed by atoms with Crippen molar-refractivity contribution in [1.29, 1.82) is 0 Å². The Bertz CT molecular complexity index is 184. The van der Waals surface area contributed by atoms with Gasteiger partial charge in [-0.2, -0.15) is 0 Å². The van der Waals surface area contributed by atoms with Crippen molar-refractivity contribution in [2.75, 3.05) is 0 Å². The van der Waals surface area contributed by atoms with E-state index in [9.17, 15) is 0 Å². The van der Waals surface area contributed by atoms with Crippen LogP contribution in [-0.4, -0.2) is 0 Å². The van der Waals surface area contributed by atoms with Crippen LogP contribution in [0.1, 0.15) is 69.2 Å². The third-order valence-corrected chi connectivity index (χ3v) is 5.62. The van der Waals surface area contributed by atoms with Crippen LogP contribution in [0.25, 0.3) is 0 Å². The summed E-state index contributed by atoms with van der Waals surface area (Å²) in [5.41, 5.74) is 0. The Kier molecular flexibility index (Phi) is 11.6. The molecular formula is C20H30Fe2. The molecule has 2 aliphatic rings. The molecule has 22 heavy (non-hydrogen) atoms. The molecule has 0 bridgehead atoms. The normalized spacial score (nSPS) is 25.9. The fraction of sp³-hybridized carbons (Fsp3) is 0.500. The van der Waals surface area contributed by atoms with E-state index in [0.29, 0.717) is 0 Å². The summed E-state index contributed by atoms with van der Waals surface area (Å²) in [6, 6.07) is 0. The standard InChI is InChI=1S/2C10H15.2Fe/c2*1-6-7(2)9(4)10(5)8(6)3;;/h2*1-5H3;;. The van der Waals surface area contributed by atoms with Gasteiger partial charge >= 0.3 is 0 Å². The molecule has 0 aromatic carbocycles. The molecule has 0 atom stereocenters. The Labute approximate surface area is 162 Å². The van der Waals surface area contributed by atoms with Crippen LogP contribution >= 0.6 is 0 Å². The van der Waals surface area contributed by atoms with Crippen molar-refractivity contribution in [3.63, 3.8) is 0 Å². The molecule has 126 valence electrons. The summed E-state index contributed by atoms with van der Waals surface area (Å²) in [5.74, 6) is 14.7. The zero-order chi connectivity index (χ0) is 15.8. The monoisotopic (exact) mass is 382 g/mol. The maximum Gasteiger partial charge on any atom is 0 e. The van der Waals surface area contributed by atoms with Crippen LogP contribution in [0.3, 0.4) is 0 Å². The van der Waals surface area contributed by atoms with Gasteiger partial charge in [0.15, 0.2) is 0 Å². The summed E-state index contributed by atoms with van der Waals surface area (Å²) in [6.45, 7) is 22.0. The van der Waals surface area contributed by atoms with Crippen LogP contribution in [0.15, 0.2) is 0 Å². The topological polar surface area (TPSA) is 0 Å². The molecule has 0 spiro atoms. The second-order valence-corrected chi connectivity index (χ2v) is 6.25. The fourth-order valence-corrected chi connectivity index (χ4v) is 2.81. The van der Waals surface area contributed by atoms with Crippen molar-refractivity contribution in [2.24, 2.45) is 0 Å². The van der Waals surface area contributed by atoms with Crippen molar-refractivity contribution in [2.45, 2.75) is 69.2 Å². The molecule has 0 saturated heterocycles. The van der Waals surface area contributed by atoms with Gasteiger partial charge in [0.2, 0.25) is 0 Å². The van der Waals surface area contributed by atoms with Gasteiger partial charge in [-0.1, -0.05) is 69.2 Å². The summed E-state index contributed by atoms with van der Waals surface area (Å²) in [5, 5.41) is 0. The zero-order valence-corrected chi connectivity index (χ0v) is 17.9. The van der Waals surface area contributed by atoms with Gasteiger partial charge in [-0.15, -0.1) is 0 Å². The van der Waals surface area contributed by atoms with E-state index in [1.54, 1.807) is 0 Å². The minimum Gasteiger partial charge on any atom is -0.0579 e. The third kappa shape index (κ3) is 5.02. The van der Waals surface area contributed by atoms with Gasteiger partial charge < -0.3 is 0 Å². The predicted molar refractivity (Wildman–Crippen MR) is 89.2 cm³/mol. The van der Waals surface area contributed by atoms with Gasteiger partial charge in [-0.3, -0.25) is 0 Å². The van der Waals surface area contributed by atoms with E-state index in [2.05, 4.69) is 69.2 Å². The molecule has 0 amide bonds. The van der Waals surface area contributed by atoms with E-state index >= 15 is 0 Å². The second-order valence-electron chi connectivity index (χ2n) is 6.25. The van der Waals surface area contributed by atoms with Crippen LogP contribution in [0.5, 0.6) is 0 Å². The molecule has 0 aliphatic heterocycles. The zero-order valence-electron chi connectivity index (χ0n) is 15.7. The Morgan fingerprint density at radius 3 is 0.318 bits per heavy atom. The van der Waals surface area contributed by atoms with Gasteiger partial charge in [-0.25, -0.2) is 0 Å². The largest absolute Gasteiger partial charge is 0.0579 e. The second kappa shape index (κ2) is 10.1. The summed E-state index contributed by atoms with van der Waals surface area (Å²) >= 11 is 0. The van der Waals surface area contributed by atoms with E-state index in [1.807, 2.05) is 0 Å². The van der Waals surface area contributed by atoms with E-state index < -0.39 is 0 Å². The van der Waals surface area contributed by atoms with Crippen LogP contribution in [0, 0.1) is 59.2 Å². The fourth-order valence-electron chi connectivity index (χ4n) is 2.81. The molecule has 0 heterocycles. The van der Waals surface area contributed by atoms with Gasteiger partial charge in [0.05, 0.1) is 0 Å². The molecule has 0 nitrogen and oxygen atoms in total. The van der Waals surface area contributed by atoms with Crippen LogP contribution in [0.4, 0.5) is 0 Å². The van der Waals surface area contributed by atoms with Crippen molar-refractivity contribution >= 4 is 0 Å². The summed E-state index contributed by atoms with van der Waals surface area (Å²) < 4.78 is 0. The molecule has 2 saturated carbocycles. The summed E-state index contributed by atoms with van der Waals surface area (Å²) in [6.07, 6.45) is 0. The smallest absolute Gasteiger partial charge is 0 e. The van der Waals surface area contributed by atoms with Crippen molar-refractivity contribution < 1.29 is 34.1 Å². The third-order valence-electron chi connectivity index (χ3n) is 5.62. The predicted octanol–water partition coefficient (Wildman–Crippen LogP) is 5.94. The van der Waals surface area contributed by atoms with Crippen molar-refractivity contribution in [3.05, 3.63) is 59.2 Å².